The van der Waals surface area contributed by atoms with Crippen molar-refractivity contribution in [2.45, 2.75) is 47.0 Å². The molecule has 0 aromatic heterocycles. The lowest BCUT2D eigenvalue weighted by atomic mass is 10.0. The normalized spacial score (nSPS) is 13.1. The highest BCUT2D eigenvalue weighted by Gasteiger charge is 1.97. The Morgan fingerprint density at radius 1 is 1.38 bits per heavy atom. The summed E-state index contributed by atoms with van der Waals surface area (Å²) in [6.07, 6.45) is 6.45. The maximum atomic E-state index is 7.31. The molecule has 0 fully saturated rings. The molecule has 0 amide bonds. The van der Waals surface area contributed by atoms with Crippen LogP contribution < -0.4 is 0 Å². The van der Waals surface area contributed by atoms with Crippen LogP contribution in [0.5, 0.6) is 0 Å². The first-order valence-corrected chi connectivity index (χ1v) is 5.87. The number of allylic oxidation sites excluding steroid dienone is 2. The fourth-order valence-electron chi connectivity index (χ4n) is 1.18. The predicted molar refractivity (Wildman–Crippen MR) is 73.5 cm³/mol. The molecular weight excluding hydrogens is 196 g/mol. The van der Waals surface area contributed by atoms with Gasteiger partial charge in [-0.15, -0.1) is 0 Å². The van der Waals surface area contributed by atoms with Crippen molar-refractivity contribution in [1.29, 1.82) is 5.41 Å². The van der Waals surface area contributed by atoms with Crippen LogP contribution in [-0.2, 0) is 0 Å². The van der Waals surface area contributed by atoms with Gasteiger partial charge in [-0.05, 0) is 43.8 Å². The Labute approximate surface area is 99.7 Å². The van der Waals surface area contributed by atoms with Gasteiger partial charge in [-0.25, -0.2) is 0 Å². The SMILES string of the molecule is C=C(C)C(C)=N/C=C(\C=N)CCCC(C)C. The van der Waals surface area contributed by atoms with Crippen molar-refractivity contribution in [2.24, 2.45) is 10.9 Å². The molecule has 2 heteroatoms. The largest absolute Gasteiger partial charge is 0.308 e. The second-order valence-electron chi connectivity index (χ2n) is 4.63. The molecule has 90 valence electrons. The zero-order valence-electron chi connectivity index (χ0n) is 11.0. The summed E-state index contributed by atoms with van der Waals surface area (Å²) in [7, 11) is 0. The molecule has 16 heavy (non-hydrogen) atoms. The van der Waals surface area contributed by atoms with Gasteiger partial charge in [0.15, 0.2) is 0 Å². The van der Waals surface area contributed by atoms with Gasteiger partial charge in [0.25, 0.3) is 0 Å². The molecule has 0 spiro atoms. The van der Waals surface area contributed by atoms with Crippen LogP contribution in [0.15, 0.2) is 28.9 Å². The summed E-state index contributed by atoms with van der Waals surface area (Å²) >= 11 is 0. The van der Waals surface area contributed by atoms with Gasteiger partial charge in [0, 0.05) is 18.1 Å². The first-order chi connectivity index (χ1) is 7.47. The quantitative estimate of drug-likeness (QED) is 0.618. The smallest absolute Gasteiger partial charge is 0.0395 e. The molecule has 0 unspecified atom stereocenters. The monoisotopic (exact) mass is 220 g/mol. The van der Waals surface area contributed by atoms with Crippen LogP contribution in [0.1, 0.15) is 47.0 Å². The first kappa shape index (κ1) is 14.8. The second-order valence-corrected chi connectivity index (χ2v) is 4.63. The summed E-state index contributed by atoms with van der Waals surface area (Å²) in [6, 6.07) is 0. The zero-order chi connectivity index (χ0) is 12.6. The minimum Gasteiger partial charge on any atom is -0.308 e. The van der Waals surface area contributed by atoms with E-state index in [2.05, 4.69) is 25.4 Å². The fraction of sp³-hybridized carbons (Fsp3) is 0.571. The molecule has 2 nitrogen and oxygen atoms in total. The highest BCUT2D eigenvalue weighted by atomic mass is 14.7. The molecule has 0 aromatic rings. The molecule has 0 aliphatic heterocycles. The molecular formula is C14H24N2. The van der Waals surface area contributed by atoms with Crippen molar-refractivity contribution in [3.8, 4) is 0 Å². The van der Waals surface area contributed by atoms with Crippen LogP contribution >= 0.6 is 0 Å². The summed E-state index contributed by atoms with van der Waals surface area (Å²) in [5, 5.41) is 7.31. The van der Waals surface area contributed by atoms with Gasteiger partial charge in [-0.2, -0.15) is 0 Å². The van der Waals surface area contributed by atoms with Crippen molar-refractivity contribution < 1.29 is 0 Å². The summed E-state index contributed by atoms with van der Waals surface area (Å²) in [4.78, 5) is 4.30. The van der Waals surface area contributed by atoms with Gasteiger partial charge in [0.1, 0.15) is 0 Å². The number of nitrogens with zero attached hydrogens (tertiary/aromatic N) is 1. The first-order valence-electron chi connectivity index (χ1n) is 5.87. The molecule has 0 aromatic carbocycles. The van der Waals surface area contributed by atoms with Crippen LogP contribution in [0, 0.1) is 11.3 Å². The third-order valence-corrected chi connectivity index (χ3v) is 2.47. The molecule has 0 saturated heterocycles. The number of rotatable bonds is 7. The number of hydrogen-bond acceptors (Lipinski definition) is 2. The fourth-order valence-corrected chi connectivity index (χ4v) is 1.18. The minimum atomic E-state index is 0.729. The average molecular weight is 220 g/mol. The zero-order valence-corrected chi connectivity index (χ0v) is 11.0. The molecule has 0 aliphatic carbocycles. The standard InChI is InChI=1S/C14H24N2/c1-11(2)7-6-8-14(9-15)10-16-13(5)12(3)4/h9-11,15H,3,6-8H2,1-2,4-5H3/b14-10-,15-9?,16-13?. The number of nitrogens with one attached hydrogen (secondary N) is 1. The highest BCUT2D eigenvalue weighted by molar-refractivity contribution is 5.97. The van der Waals surface area contributed by atoms with Gasteiger partial charge < -0.3 is 5.41 Å². The second kappa shape index (κ2) is 8.03. The Hall–Kier alpha value is -1.18. The van der Waals surface area contributed by atoms with E-state index in [-0.39, 0.29) is 0 Å². The summed E-state index contributed by atoms with van der Waals surface area (Å²) in [6.45, 7) is 12.1. The molecule has 0 heterocycles. The maximum Gasteiger partial charge on any atom is 0.0395 e. The maximum absolute atomic E-state index is 7.31. The summed E-state index contributed by atoms with van der Waals surface area (Å²) in [5.74, 6) is 0.729. The molecule has 0 rings (SSSR count). The Morgan fingerprint density at radius 3 is 2.44 bits per heavy atom. The van der Waals surface area contributed by atoms with E-state index in [1.807, 2.05) is 13.8 Å². The van der Waals surface area contributed by atoms with E-state index in [0.29, 0.717) is 0 Å². The van der Waals surface area contributed by atoms with Crippen molar-refractivity contribution in [1.82, 2.24) is 0 Å². The molecule has 0 aliphatic rings. The molecule has 0 atom stereocenters. The molecule has 0 bridgehead atoms. The van der Waals surface area contributed by atoms with Crippen LogP contribution in [-0.4, -0.2) is 11.9 Å². The van der Waals surface area contributed by atoms with Crippen molar-refractivity contribution in [2.75, 3.05) is 0 Å². The van der Waals surface area contributed by atoms with Crippen molar-refractivity contribution in [3.05, 3.63) is 23.9 Å². The topological polar surface area (TPSA) is 36.2 Å². The third kappa shape index (κ3) is 7.16. The van der Waals surface area contributed by atoms with Crippen LogP contribution in [0.4, 0.5) is 0 Å². The Bertz CT molecular complexity index is 296. The van der Waals surface area contributed by atoms with Crippen LogP contribution in [0.3, 0.4) is 0 Å². The van der Waals surface area contributed by atoms with E-state index in [4.69, 9.17) is 5.41 Å². The molecule has 0 saturated carbocycles. The van der Waals surface area contributed by atoms with Crippen LogP contribution in [0.25, 0.3) is 0 Å². The lowest BCUT2D eigenvalue weighted by Crippen LogP contribution is -1.92. The van der Waals surface area contributed by atoms with Gasteiger partial charge >= 0.3 is 0 Å². The van der Waals surface area contributed by atoms with E-state index < -0.39 is 0 Å². The Morgan fingerprint density at radius 2 is 2.00 bits per heavy atom. The van der Waals surface area contributed by atoms with Gasteiger partial charge in [-0.3, -0.25) is 4.99 Å². The van der Waals surface area contributed by atoms with E-state index in [9.17, 15) is 0 Å². The summed E-state index contributed by atoms with van der Waals surface area (Å²) < 4.78 is 0. The minimum absolute atomic E-state index is 0.729. The molecule has 1 N–H and O–H groups in total. The number of aliphatic imine (C=N–C) groups is 1. The lowest BCUT2D eigenvalue weighted by molar-refractivity contribution is 0.557. The Balaban J connectivity index is 4.27. The lowest BCUT2D eigenvalue weighted by Gasteiger charge is -2.04. The van der Waals surface area contributed by atoms with E-state index in [1.54, 1.807) is 6.20 Å². The van der Waals surface area contributed by atoms with Gasteiger partial charge in [-0.1, -0.05) is 26.8 Å². The van der Waals surface area contributed by atoms with Crippen molar-refractivity contribution >= 4 is 11.9 Å². The average Bonchev–Trinajstić information content (AvgIpc) is 2.21. The van der Waals surface area contributed by atoms with Crippen molar-refractivity contribution in [3.63, 3.8) is 0 Å². The molecule has 0 radical (unpaired) electrons. The number of hydrogen-bond donors (Lipinski definition) is 1. The van der Waals surface area contributed by atoms with Gasteiger partial charge in [0.2, 0.25) is 0 Å². The summed E-state index contributed by atoms with van der Waals surface area (Å²) in [5.41, 5.74) is 2.90. The third-order valence-electron chi connectivity index (χ3n) is 2.47. The van der Waals surface area contributed by atoms with Gasteiger partial charge in [0.05, 0.1) is 0 Å². The van der Waals surface area contributed by atoms with E-state index in [0.717, 1.165) is 35.6 Å². The highest BCUT2D eigenvalue weighted by Crippen LogP contribution is 2.11. The van der Waals surface area contributed by atoms with E-state index >= 15 is 0 Å². The Kier molecular flexibility index (Phi) is 7.44. The van der Waals surface area contributed by atoms with E-state index in [1.165, 1.54) is 12.6 Å². The predicted octanol–water partition coefficient (Wildman–Crippen LogP) is 4.38. The van der Waals surface area contributed by atoms with Crippen LogP contribution in [0.2, 0.25) is 0 Å².